The molecule has 4 nitrogen and oxygen atoms in total. The van der Waals surface area contributed by atoms with E-state index in [-0.39, 0.29) is 29.6 Å². The zero-order chi connectivity index (χ0) is 12.7. The van der Waals surface area contributed by atoms with Crippen molar-refractivity contribution in [1.82, 2.24) is 15.0 Å². The van der Waals surface area contributed by atoms with Crippen LogP contribution in [0.15, 0.2) is 0 Å². The molecule has 0 radical (unpaired) electrons. The molecule has 1 heterocycles. The molecule has 1 aromatic heterocycles. The predicted molar refractivity (Wildman–Crippen MR) is 75.6 cm³/mol. The molecule has 1 N–H and O–H groups in total. The minimum atomic E-state index is 0. The van der Waals surface area contributed by atoms with E-state index in [1.54, 1.807) is 0 Å². The van der Waals surface area contributed by atoms with Gasteiger partial charge in [-0.1, -0.05) is 51.1 Å². The van der Waals surface area contributed by atoms with Crippen LogP contribution in [0.5, 0.6) is 0 Å². The largest absolute Gasteiger partial charge is 1.00 e. The van der Waals surface area contributed by atoms with Crippen molar-refractivity contribution in [1.29, 1.82) is 0 Å². The summed E-state index contributed by atoms with van der Waals surface area (Å²) >= 11 is 10.1. The fourth-order valence-electron chi connectivity index (χ4n) is 1.51. The number of rotatable bonds is 7. The van der Waals surface area contributed by atoms with E-state index in [9.17, 15) is 0 Å². The molecule has 18 heavy (non-hydrogen) atoms. The van der Waals surface area contributed by atoms with Crippen LogP contribution in [-0.2, 0) is 0 Å². The quantitative estimate of drug-likeness (QED) is 0.576. The van der Waals surface area contributed by atoms with Crippen LogP contribution in [0.4, 0.5) is 5.95 Å². The van der Waals surface area contributed by atoms with Crippen LogP contribution in [-0.4, -0.2) is 23.1 Å². The van der Waals surface area contributed by atoms with E-state index in [1.165, 1.54) is 0 Å². The minimum absolute atomic E-state index is 0. The smallest absolute Gasteiger partial charge is 0.404 e. The number of aromatic amines is 1. The maximum absolute atomic E-state index is 5.03. The third-order valence-corrected chi connectivity index (χ3v) is 2.85. The van der Waals surface area contributed by atoms with Crippen molar-refractivity contribution < 1.29 is 29.6 Å². The van der Waals surface area contributed by atoms with Crippen LogP contribution >= 0.6 is 24.4 Å². The van der Waals surface area contributed by atoms with Gasteiger partial charge in [0, 0.05) is 0 Å². The molecule has 0 atom stereocenters. The molecular formula is C11H19N4NaS2. The van der Waals surface area contributed by atoms with Crippen molar-refractivity contribution in [2.45, 2.75) is 39.5 Å². The molecule has 0 fully saturated rings. The molecule has 0 spiro atoms. The summed E-state index contributed by atoms with van der Waals surface area (Å²) < 4.78 is 0.830. The van der Waals surface area contributed by atoms with Crippen molar-refractivity contribution in [3.05, 3.63) is 9.54 Å². The van der Waals surface area contributed by atoms with Gasteiger partial charge >= 0.3 is 29.6 Å². The van der Waals surface area contributed by atoms with Gasteiger partial charge in [0.25, 0.3) is 0 Å². The van der Waals surface area contributed by atoms with Gasteiger partial charge in [-0.3, -0.25) is 0 Å². The van der Waals surface area contributed by atoms with Crippen LogP contribution in [0.2, 0.25) is 0 Å². The van der Waals surface area contributed by atoms with E-state index >= 15 is 0 Å². The number of hydrogen-bond acceptors (Lipinski definition) is 4. The molecule has 96 valence electrons. The SMILES string of the molecule is CCCCN(CCCC)c1nc(=S)[nH]c(=S)[n-]1.[Na+]. The average Bonchev–Trinajstić information content (AvgIpc) is 2.28. The molecule has 1 rings (SSSR count). The van der Waals surface area contributed by atoms with E-state index in [4.69, 9.17) is 24.4 Å². The maximum Gasteiger partial charge on any atom is 1.00 e. The van der Waals surface area contributed by atoms with E-state index in [0.29, 0.717) is 15.5 Å². The number of anilines is 1. The molecule has 0 aliphatic heterocycles. The third kappa shape index (κ3) is 6.43. The first-order valence-corrected chi connectivity index (χ1v) is 6.89. The Morgan fingerprint density at radius 2 is 1.72 bits per heavy atom. The summed E-state index contributed by atoms with van der Waals surface area (Å²) in [4.78, 5) is 13.4. The molecule has 0 aromatic carbocycles. The van der Waals surface area contributed by atoms with Gasteiger partial charge < -0.3 is 19.9 Å². The van der Waals surface area contributed by atoms with Crippen LogP contribution in [0.1, 0.15) is 39.5 Å². The van der Waals surface area contributed by atoms with Crippen LogP contribution in [0.3, 0.4) is 0 Å². The van der Waals surface area contributed by atoms with E-state index in [1.807, 2.05) is 0 Å². The van der Waals surface area contributed by atoms with Crippen molar-refractivity contribution in [3.8, 4) is 0 Å². The zero-order valence-electron chi connectivity index (χ0n) is 11.4. The number of nitrogens with zero attached hydrogens (tertiary/aromatic N) is 3. The molecule has 1 aromatic rings. The summed E-state index contributed by atoms with van der Waals surface area (Å²) in [6.45, 7) is 6.28. The summed E-state index contributed by atoms with van der Waals surface area (Å²) in [6.07, 6.45) is 4.57. The fraction of sp³-hybridized carbons (Fsp3) is 0.727. The summed E-state index contributed by atoms with van der Waals surface area (Å²) in [5.74, 6) is 0.667. The van der Waals surface area contributed by atoms with E-state index in [2.05, 4.69) is 33.7 Å². The fourth-order valence-corrected chi connectivity index (χ4v) is 1.93. The van der Waals surface area contributed by atoms with Gasteiger partial charge in [-0.05, 0) is 25.9 Å². The normalized spacial score (nSPS) is 9.89. The monoisotopic (exact) mass is 294 g/mol. The summed E-state index contributed by atoms with van der Waals surface area (Å²) in [5.41, 5.74) is 0. The number of H-pyrrole nitrogens is 1. The first-order chi connectivity index (χ1) is 8.17. The summed E-state index contributed by atoms with van der Waals surface area (Å²) in [6, 6.07) is 0. The average molecular weight is 294 g/mol. The van der Waals surface area contributed by atoms with Gasteiger partial charge in [0.05, 0.1) is 5.95 Å². The molecule has 0 aliphatic rings. The summed E-state index contributed by atoms with van der Waals surface area (Å²) in [7, 11) is 0. The second-order valence-corrected chi connectivity index (χ2v) is 4.73. The van der Waals surface area contributed by atoms with Gasteiger partial charge in [-0.2, -0.15) is 0 Å². The van der Waals surface area contributed by atoms with Crippen molar-refractivity contribution in [3.63, 3.8) is 0 Å². The first kappa shape index (κ1) is 18.2. The van der Waals surface area contributed by atoms with Crippen LogP contribution < -0.4 is 39.4 Å². The Balaban J connectivity index is 0.00000289. The Hall–Kier alpha value is 0.250. The molecule has 0 saturated heterocycles. The number of aromatic nitrogens is 3. The molecule has 0 saturated carbocycles. The van der Waals surface area contributed by atoms with Gasteiger partial charge in [-0.25, -0.2) is 0 Å². The molecule has 0 bridgehead atoms. The van der Waals surface area contributed by atoms with Gasteiger partial charge in [0.2, 0.25) is 0 Å². The Morgan fingerprint density at radius 3 is 2.17 bits per heavy atom. The molecule has 7 heteroatoms. The van der Waals surface area contributed by atoms with Gasteiger partial charge in [-0.15, -0.1) is 0 Å². The third-order valence-electron chi connectivity index (χ3n) is 2.46. The van der Waals surface area contributed by atoms with Crippen molar-refractivity contribution in [2.75, 3.05) is 18.0 Å². The predicted octanol–water partition coefficient (Wildman–Crippen LogP) is 0.236. The standard InChI is InChI=1S/C11H20N4S2.Na/c1-3-5-7-15(8-6-4-2)9-12-10(16)14-11(17)13-9;/h3-8H2,1-2H3,(H2,12,13,14,16,17);/q;+1/p-1. The van der Waals surface area contributed by atoms with Crippen molar-refractivity contribution >= 4 is 30.4 Å². The first-order valence-electron chi connectivity index (χ1n) is 6.07. The van der Waals surface area contributed by atoms with Gasteiger partial charge in [0.15, 0.2) is 0 Å². The summed E-state index contributed by atoms with van der Waals surface area (Å²) in [5, 5.41) is 0. The molecule has 0 aliphatic carbocycles. The molecule has 0 amide bonds. The Bertz CT molecular complexity index is 407. The van der Waals surface area contributed by atoms with E-state index < -0.39 is 0 Å². The maximum atomic E-state index is 5.03. The second-order valence-electron chi connectivity index (χ2n) is 3.95. The zero-order valence-corrected chi connectivity index (χ0v) is 15.0. The topological polar surface area (TPSA) is 46.0 Å². The van der Waals surface area contributed by atoms with Crippen LogP contribution in [0.25, 0.3) is 0 Å². The Labute approximate surface area is 141 Å². The number of nitrogens with one attached hydrogen (secondary N) is 1. The molecular weight excluding hydrogens is 275 g/mol. The Kier molecular flexibility index (Phi) is 10.2. The van der Waals surface area contributed by atoms with E-state index in [0.717, 1.165) is 38.8 Å². The minimum Gasteiger partial charge on any atom is -0.404 e. The Morgan fingerprint density at radius 1 is 1.17 bits per heavy atom. The number of unbranched alkanes of at least 4 members (excludes halogenated alkanes) is 2. The van der Waals surface area contributed by atoms with Gasteiger partial charge in [0.1, 0.15) is 9.54 Å². The van der Waals surface area contributed by atoms with Crippen LogP contribution in [0, 0.1) is 9.54 Å². The number of hydrogen-bond donors (Lipinski definition) is 1. The van der Waals surface area contributed by atoms with Crippen molar-refractivity contribution in [2.24, 2.45) is 0 Å². The molecule has 0 unspecified atom stereocenters. The second kappa shape index (κ2) is 10.1.